The molecule has 0 spiro atoms. The van der Waals surface area contributed by atoms with Crippen LogP contribution < -0.4 is 9.47 Å². The van der Waals surface area contributed by atoms with E-state index < -0.39 is 0 Å². The number of carbonyl (C=O) groups is 1. The average molecular weight is 375 g/mol. The van der Waals surface area contributed by atoms with Crippen LogP contribution >= 0.6 is 11.8 Å². The normalized spacial score (nSPS) is 17.0. The van der Waals surface area contributed by atoms with Gasteiger partial charge in [-0.1, -0.05) is 13.0 Å². The zero-order valence-electron chi connectivity index (χ0n) is 15.7. The molecule has 6 nitrogen and oxygen atoms in total. The third-order valence-corrected chi connectivity index (χ3v) is 5.80. The number of H-pyrrole nitrogens is 1. The fraction of sp³-hybridized carbons (Fsp3) is 0.474. The largest absolute Gasteiger partial charge is 0.493 e. The van der Waals surface area contributed by atoms with Gasteiger partial charge >= 0.3 is 0 Å². The quantitative estimate of drug-likeness (QED) is 0.805. The number of methoxy groups -OCH3 is 2. The van der Waals surface area contributed by atoms with E-state index in [0.29, 0.717) is 23.8 Å². The number of amides is 1. The summed E-state index contributed by atoms with van der Waals surface area (Å²) in [5.41, 5.74) is 3.13. The molecule has 1 aliphatic heterocycles. The molecule has 2 aromatic rings. The third-order valence-electron chi connectivity index (χ3n) is 4.60. The molecule has 7 heteroatoms. The Hall–Kier alpha value is -2.15. The molecule has 1 saturated heterocycles. The summed E-state index contributed by atoms with van der Waals surface area (Å²) in [6, 6.07) is 5.88. The van der Waals surface area contributed by atoms with E-state index in [0.717, 1.165) is 35.6 Å². The predicted molar refractivity (Wildman–Crippen MR) is 103 cm³/mol. The highest BCUT2D eigenvalue weighted by molar-refractivity contribution is 8.00. The van der Waals surface area contributed by atoms with E-state index in [1.165, 1.54) is 0 Å². The van der Waals surface area contributed by atoms with E-state index >= 15 is 0 Å². The number of hydrogen-bond acceptors (Lipinski definition) is 5. The fourth-order valence-electron chi connectivity index (χ4n) is 3.15. The van der Waals surface area contributed by atoms with Crippen LogP contribution in [0.2, 0.25) is 0 Å². The second kappa shape index (κ2) is 8.03. The maximum absolute atomic E-state index is 12.4. The number of nitrogens with one attached hydrogen (secondary N) is 1. The molecule has 0 saturated carbocycles. The van der Waals surface area contributed by atoms with Crippen molar-refractivity contribution in [1.82, 2.24) is 14.9 Å². The molecule has 1 aromatic heterocycles. The van der Waals surface area contributed by atoms with Crippen LogP contribution in [0, 0.1) is 6.92 Å². The molecule has 1 N–H and O–H groups in total. The number of aromatic nitrogens is 2. The van der Waals surface area contributed by atoms with Crippen LogP contribution in [0.4, 0.5) is 0 Å². The Kier molecular flexibility index (Phi) is 5.76. The summed E-state index contributed by atoms with van der Waals surface area (Å²) in [6.45, 7) is 4.75. The average Bonchev–Trinajstić information content (AvgIpc) is 3.21. The first kappa shape index (κ1) is 18.6. The van der Waals surface area contributed by atoms with Crippen molar-refractivity contribution in [3.63, 3.8) is 0 Å². The Labute approximate surface area is 158 Å². The second-order valence-electron chi connectivity index (χ2n) is 6.24. The van der Waals surface area contributed by atoms with Gasteiger partial charge in [0, 0.05) is 18.7 Å². The van der Waals surface area contributed by atoms with Crippen molar-refractivity contribution < 1.29 is 14.3 Å². The lowest BCUT2D eigenvalue weighted by Crippen LogP contribution is -2.30. The zero-order valence-corrected chi connectivity index (χ0v) is 16.5. The van der Waals surface area contributed by atoms with Crippen molar-refractivity contribution in [3.05, 3.63) is 41.0 Å². The van der Waals surface area contributed by atoms with Crippen molar-refractivity contribution in [2.24, 2.45) is 0 Å². The van der Waals surface area contributed by atoms with Crippen LogP contribution in [-0.2, 0) is 17.6 Å². The lowest BCUT2D eigenvalue weighted by Gasteiger charge is -2.23. The number of benzene rings is 1. The Balaban J connectivity index is 1.75. The highest BCUT2D eigenvalue weighted by atomic mass is 32.2. The molecule has 1 fully saturated rings. The Morgan fingerprint density at radius 2 is 2.08 bits per heavy atom. The van der Waals surface area contributed by atoms with E-state index in [-0.39, 0.29) is 11.3 Å². The summed E-state index contributed by atoms with van der Waals surface area (Å²) >= 11 is 1.65. The highest BCUT2D eigenvalue weighted by Crippen LogP contribution is 2.39. The Bertz CT molecular complexity index is 790. The smallest absolute Gasteiger partial charge is 0.233 e. The minimum absolute atomic E-state index is 0.0146. The van der Waals surface area contributed by atoms with Gasteiger partial charge in [0.1, 0.15) is 11.2 Å². The van der Waals surface area contributed by atoms with Gasteiger partial charge in [-0.05, 0) is 31.0 Å². The number of carbonyl (C=O) groups excluding carboxylic acids is 1. The van der Waals surface area contributed by atoms with Gasteiger partial charge in [0.15, 0.2) is 11.5 Å². The summed E-state index contributed by atoms with van der Waals surface area (Å²) in [5, 5.41) is -0.0146. The molecule has 2 heterocycles. The first-order valence-electron chi connectivity index (χ1n) is 8.74. The highest BCUT2D eigenvalue weighted by Gasteiger charge is 2.35. The zero-order chi connectivity index (χ0) is 18.7. The lowest BCUT2D eigenvalue weighted by atomic mass is 10.1. The van der Waals surface area contributed by atoms with Gasteiger partial charge in [0.25, 0.3) is 0 Å². The van der Waals surface area contributed by atoms with Crippen LogP contribution in [0.3, 0.4) is 0 Å². The molecule has 3 rings (SSSR count). The van der Waals surface area contributed by atoms with Gasteiger partial charge in [0.2, 0.25) is 5.91 Å². The van der Waals surface area contributed by atoms with E-state index in [2.05, 4.69) is 11.9 Å². The summed E-state index contributed by atoms with van der Waals surface area (Å²) in [5.74, 6) is 3.06. The number of imidazole rings is 1. The van der Waals surface area contributed by atoms with Gasteiger partial charge in [-0.2, -0.15) is 0 Å². The van der Waals surface area contributed by atoms with Gasteiger partial charge in [-0.3, -0.25) is 4.79 Å². The molecule has 0 aliphatic carbocycles. The monoisotopic (exact) mass is 375 g/mol. The number of nitrogens with zero attached hydrogens (tertiary/aromatic N) is 2. The van der Waals surface area contributed by atoms with Crippen molar-refractivity contribution in [2.75, 3.05) is 26.5 Å². The predicted octanol–water partition coefficient (Wildman–Crippen LogP) is 3.11. The van der Waals surface area contributed by atoms with Crippen molar-refractivity contribution >= 4 is 17.7 Å². The number of aryl methyl sites for hydroxylation is 2. The minimum atomic E-state index is -0.0146. The Morgan fingerprint density at radius 3 is 2.73 bits per heavy atom. The minimum Gasteiger partial charge on any atom is -0.493 e. The van der Waals surface area contributed by atoms with E-state index in [1.807, 2.05) is 30.0 Å². The van der Waals surface area contributed by atoms with E-state index in [4.69, 9.17) is 14.5 Å². The second-order valence-corrected chi connectivity index (χ2v) is 7.31. The summed E-state index contributed by atoms with van der Waals surface area (Å²) < 4.78 is 10.6. The molecule has 0 bridgehead atoms. The number of ether oxygens (including phenoxy) is 2. The van der Waals surface area contributed by atoms with Gasteiger partial charge in [0.05, 0.1) is 25.7 Å². The van der Waals surface area contributed by atoms with E-state index in [9.17, 15) is 4.79 Å². The molecule has 140 valence electrons. The van der Waals surface area contributed by atoms with Crippen molar-refractivity contribution in [1.29, 1.82) is 0 Å². The van der Waals surface area contributed by atoms with Crippen molar-refractivity contribution in [2.45, 2.75) is 32.1 Å². The van der Waals surface area contributed by atoms with Crippen LogP contribution in [0.1, 0.15) is 35.1 Å². The Morgan fingerprint density at radius 1 is 1.31 bits per heavy atom. The first-order chi connectivity index (χ1) is 12.6. The topological polar surface area (TPSA) is 67.5 Å². The summed E-state index contributed by atoms with van der Waals surface area (Å²) in [4.78, 5) is 22.4. The van der Waals surface area contributed by atoms with Crippen molar-refractivity contribution in [3.8, 4) is 11.5 Å². The molecular weight excluding hydrogens is 350 g/mol. The first-order valence-corrected chi connectivity index (χ1v) is 9.79. The number of thioether (sulfide) groups is 1. The lowest BCUT2D eigenvalue weighted by molar-refractivity contribution is -0.128. The molecule has 1 aliphatic rings. The third kappa shape index (κ3) is 3.67. The van der Waals surface area contributed by atoms with Gasteiger partial charge in [-0.25, -0.2) is 4.98 Å². The molecule has 1 atom stereocenters. The maximum atomic E-state index is 12.4. The molecule has 26 heavy (non-hydrogen) atoms. The summed E-state index contributed by atoms with van der Waals surface area (Å²) in [6.07, 6.45) is 1.62. The fourth-order valence-corrected chi connectivity index (χ4v) is 4.41. The number of rotatable bonds is 7. The van der Waals surface area contributed by atoms with Crippen LogP contribution in [0.5, 0.6) is 11.5 Å². The van der Waals surface area contributed by atoms with Crippen LogP contribution in [-0.4, -0.2) is 47.3 Å². The van der Waals surface area contributed by atoms with Crippen LogP contribution in [0.25, 0.3) is 0 Å². The number of hydrogen-bond donors (Lipinski definition) is 1. The molecule has 1 aromatic carbocycles. The van der Waals surface area contributed by atoms with Crippen LogP contribution in [0.15, 0.2) is 18.2 Å². The standard InChI is InChI=1S/C19H25N3O3S/c1-5-16-20-12(2)18(21-16)19-22(17(23)11-26-19)9-8-13-6-7-14(24-3)15(10-13)25-4/h6-7,10,19H,5,8-9,11H2,1-4H3,(H,20,21). The van der Waals surface area contributed by atoms with Gasteiger partial charge < -0.3 is 19.4 Å². The molecule has 1 unspecified atom stereocenters. The molecule has 1 amide bonds. The SMILES string of the molecule is CCc1nc(C2SCC(=O)N2CCc2ccc(OC)c(OC)c2)c(C)[nH]1. The van der Waals surface area contributed by atoms with E-state index in [1.54, 1.807) is 26.0 Å². The summed E-state index contributed by atoms with van der Waals surface area (Å²) in [7, 11) is 3.25. The maximum Gasteiger partial charge on any atom is 0.233 e. The van der Waals surface area contributed by atoms with Gasteiger partial charge in [-0.15, -0.1) is 11.8 Å². The number of aromatic amines is 1. The molecule has 0 radical (unpaired) electrons. The molecular formula is C19H25N3O3S.